The third-order valence-electron chi connectivity index (χ3n) is 8.82. The zero-order chi connectivity index (χ0) is 35.8. The summed E-state index contributed by atoms with van der Waals surface area (Å²) in [6.07, 6.45) is 4.91. The Kier molecular flexibility index (Phi) is 11.3. The zero-order valence-corrected chi connectivity index (χ0v) is 27.8. The number of ether oxygens (including phenoxy) is 1. The van der Waals surface area contributed by atoms with Gasteiger partial charge in [-0.25, -0.2) is 38.0 Å². The molecule has 1 aliphatic heterocycles. The summed E-state index contributed by atoms with van der Waals surface area (Å²) in [7, 11) is 0. The van der Waals surface area contributed by atoms with Gasteiger partial charge < -0.3 is 9.84 Å². The fraction of sp³-hybridized carbons (Fsp3) is 0.343. The standard InChI is InChI=1S/C35H39F2N9O5/c36-28-6-11-31(32(37)19-28)35(49,22-44-24-38-23-39-44)21-43-15-13-42(14-16-43)20-27-2-7-29(8-3-27)45-25-40-46(34(45)48)12-1-17-51-30-9-4-26(5-10-30)18-33(47)41-50/h2-11,19,23-25,49-50H,1,12-18,20-22H2,(H,41,47). The number of nitrogens with one attached hydrogen (secondary N) is 1. The topological polar surface area (TPSA) is 156 Å². The van der Waals surface area contributed by atoms with Crippen LogP contribution in [0.3, 0.4) is 0 Å². The molecular weight excluding hydrogens is 664 g/mol. The normalized spacial score (nSPS) is 15.1. The second-order valence-electron chi connectivity index (χ2n) is 12.5. The van der Waals surface area contributed by atoms with Gasteiger partial charge in [-0.15, -0.1) is 0 Å². The van der Waals surface area contributed by atoms with Crippen molar-refractivity contribution >= 4 is 5.91 Å². The van der Waals surface area contributed by atoms with Crippen LogP contribution in [-0.2, 0) is 36.5 Å². The van der Waals surface area contributed by atoms with Crippen LogP contribution in [0.15, 0.2) is 90.5 Å². The van der Waals surface area contributed by atoms with E-state index >= 15 is 0 Å². The summed E-state index contributed by atoms with van der Waals surface area (Å²) in [4.78, 5) is 32.6. The zero-order valence-electron chi connectivity index (χ0n) is 27.8. The lowest BCUT2D eigenvalue weighted by Gasteiger charge is -2.39. The first kappa shape index (κ1) is 35.5. The van der Waals surface area contributed by atoms with Gasteiger partial charge >= 0.3 is 5.69 Å². The number of hydroxylamine groups is 1. The minimum atomic E-state index is -1.65. The lowest BCUT2D eigenvalue weighted by Crippen LogP contribution is -2.52. The maximum atomic E-state index is 14.8. The fourth-order valence-electron chi connectivity index (χ4n) is 6.17. The Bertz CT molecular complexity index is 1940. The highest BCUT2D eigenvalue weighted by molar-refractivity contribution is 5.77. The Morgan fingerprint density at radius 3 is 2.31 bits per heavy atom. The number of nitrogens with zero attached hydrogens (tertiary/aromatic N) is 8. The molecule has 0 spiro atoms. The average Bonchev–Trinajstić information content (AvgIpc) is 3.77. The number of aryl methyl sites for hydroxylation is 1. The highest BCUT2D eigenvalue weighted by atomic mass is 19.1. The van der Waals surface area contributed by atoms with Crippen LogP contribution in [0.25, 0.3) is 5.69 Å². The number of rotatable bonds is 15. The van der Waals surface area contributed by atoms with E-state index < -0.39 is 23.1 Å². The number of amides is 1. The number of hydrogen-bond acceptors (Lipinski definition) is 10. The molecule has 5 aromatic rings. The minimum Gasteiger partial charge on any atom is -0.494 e. The maximum Gasteiger partial charge on any atom is 0.350 e. The Morgan fingerprint density at radius 1 is 0.902 bits per heavy atom. The number of benzene rings is 3. The van der Waals surface area contributed by atoms with E-state index in [-0.39, 0.29) is 30.8 Å². The van der Waals surface area contributed by atoms with Crippen LogP contribution < -0.4 is 15.9 Å². The fourth-order valence-corrected chi connectivity index (χ4v) is 6.17. The van der Waals surface area contributed by atoms with Crippen LogP contribution in [0.4, 0.5) is 8.78 Å². The van der Waals surface area contributed by atoms with Crippen molar-refractivity contribution in [2.24, 2.45) is 0 Å². The van der Waals surface area contributed by atoms with Crippen LogP contribution in [0.1, 0.15) is 23.1 Å². The van der Waals surface area contributed by atoms with Gasteiger partial charge in [0.05, 0.1) is 25.3 Å². The van der Waals surface area contributed by atoms with Crippen LogP contribution >= 0.6 is 0 Å². The monoisotopic (exact) mass is 703 g/mol. The van der Waals surface area contributed by atoms with Crippen molar-refractivity contribution in [3.8, 4) is 11.4 Å². The molecule has 2 aromatic heterocycles. The quantitative estimate of drug-likeness (QED) is 0.0839. The van der Waals surface area contributed by atoms with Gasteiger partial charge in [-0.2, -0.15) is 10.2 Å². The largest absolute Gasteiger partial charge is 0.494 e. The van der Waals surface area contributed by atoms with Crippen LogP contribution in [-0.4, -0.2) is 94.5 Å². The van der Waals surface area contributed by atoms with E-state index in [0.717, 1.165) is 36.3 Å². The smallest absolute Gasteiger partial charge is 0.350 e. The molecule has 268 valence electrons. The second-order valence-corrected chi connectivity index (χ2v) is 12.5. The molecule has 14 nitrogen and oxygen atoms in total. The van der Waals surface area contributed by atoms with Crippen LogP contribution in [0.2, 0.25) is 0 Å². The third-order valence-corrected chi connectivity index (χ3v) is 8.82. The molecule has 51 heavy (non-hydrogen) atoms. The van der Waals surface area contributed by atoms with Crippen molar-refractivity contribution in [3.63, 3.8) is 0 Å². The number of carbonyl (C=O) groups is 1. The van der Waals surface area contributed by atoms with Gasteiger partial charge in [0.2, 0.25) is 5.91 Å². The Hall–Kier alpha value is -5.29. The number of carbonyl (C=O) groups excluding carboxylic acids is 1. The molecule has 1 aliphatic rings. The average molecular weight is 704 g/mol. The van der Waals surface area contributed by atoms with E-state index in [1.54, 1.807) is 29.7 Å². The second kappa shape index (κ2) is 16.2. The molecular formula is C35H39F2N9O5. The summed E-state index contributed by atoms with van der Waals surface area (Å²) in [5, 5.41) is 28.7. The highest BCUT2D eigenvalue weighted by Crippen LogP contribution is 2.28. The predicted octanol–water partition coefficient (Wildman–Crippen LogP) is 2.13. The molecule has 3 aromatic carbocycles. The number of aromatic nitrogens is 6. The van der Waals surface area contributed by atoms with Crippen molar-refractivity contribution in [3.05, 3.63) is 125 Å². The van der Waals surface area contributed by atoms with Gasteiger partial charge in [-0.05, 0) is 41.5 Å². The molecule has 0 radical (unpaired) electrons. The molecule has 0 aliphatic carbocycles. The first-order valence-electron chi connectivity index (χ1n) is 16.5. The number of halogens is 2. The Labute approximate surface area is 292 Å². The van der Waals surface area contributed by atoms with Gasteiger partial charge in [-0.3, -0.25) is 19.8 Å². The highest BCUT2D eigenvalue weighted by Gasteiger charge is 2.36. The summed E-state index contributed by atoms with van der Waals surface area (Å²) in [5.74, 6) is -1.39. The van der Waals surface area contributed by atoms with Crippen LogP contribution in [0, 0.1) is 11.6 Å². The molecule has 3 heterocycles. The molecule has 3 N–H and O–H groups in total. The van der Waals surface area contributed by atoms with Gasteiger partial charge in [0, 0.05) is 63.9 Å². The SMILES string of the molecule is O=C(Cc1ccc(OCCCn2ncn(-c3ccc(CN4CCN(CC(O)(Cn5cncn5)c5ccc(F)cc5F)CC4)cc3)c2=O)cc1)NO. The first-order valence-corrected chi connectivity index (χ1v) is 16.5. The molecule has 1 fully saturated rings. The Morgan fingerprint density at radius 2 is 1.63 bits per heavy atom. The van der Waals surface area contributed by atoms with Crippen molar-refractivity contribution in [1.82, 2.24) is 44.4 Å². The molecule has 6 rings (SSSR count). The van der Waals surface area contributed by atoms with Crippen molar-refractivity contribution in [2.75, 3.05) is 39.3 Å². The van der Waals surface area contributed by atoms with E-state index in [1.807, 2.05) is 24.3 Å². The van der Waals surface area contributed by atoms with Crippen molar-refractivity contribution in [1.29, 1.82) is 0 Å². The van der Waals surface area contributed by atoms with Gasteiger partial charge in [0.25, 0.3) is 0 Å². The van der Waals surface area contributed by atoms with E-state index in [4.69, 9.17) is 9.94 Å². The maximum absolute atomic E-state index is 14.8. The predicted molar refractivity (Wildman–Crippen MR) is 180 cm³/mol. The van der Waals surface area contributed by atoms with Crippen LogP contribution in [0.5, 0.6) is 5.75 Å². The first-order chi connectivity index (χ1) is 24.7. The summed E-state index contributed by atoms with van der Waals surface area (Å²) < 4.78 is 38.6. The van der Waals surface area contributed by atoms with Crippen molar-refractivity contribution < 1.29 is 28.6 Å². The molecule has 0 bridgehead atoms. The lowest BCUT2D eigenvalue weighted by molar-refractivity contribution is -0.128. The van der Waals surface area contributed by atoms with Gasteiger partial charge in [-0.1, -0.05) is 30.3 Å². The van der Waals surface area contributed by atoms with E-state index in [9.17, 15) is 23.5 Å². The Balaban J connectivity index is 0.977. The molecule has 1 unspecified atom stereocenters. The van der Waals surface area contributed by atoms with Gasteiger partial charge in [0.15, 0.2) is 0 Å². The van der Waals surface area contributed by atoms with E-state index in [1.165, 1.54) is 39.0 Å². The van der Waals surface area contributed by atoms with Gasteiger partial charge in [0.1, 0.15) is 42.0 Å². The number of piperazine rings is 1. The summed E-state index contributed by atoms with van der Waals surface area (Å²) in [6, 6.07) is 17.9. The molecule has 0 saturated carbocycles. The minimum absolute atomic E-state index is 0.00775. The van der Waals surface area contributed by atoms with E-state index in [2.05, 4.69) is 25.0 Å². The molecule has 1 atom stereocenters. The summed E-state index contributed by atoms with van der Waals surface area (Å²) in [6.45, 7) is 4.25. The molecule has 1 saturated heterocycles. The van der Waals surface area contributed by atoms with Crippen molar-refractivity contribution in [2.45, 2.75) is 38.1 Å². The lowest BCUT2D eigenvalue weighted by atomic mass is 9.92. The number of hydrogen-bond donors (Lipinski definition) is 3. The molecule has 16 heteroatoms. The summed E-state index contributed by atoms with van der Waals surface area (Å²) in [5.41, 5.74) is 2.22. The number of β-amino-alcohol motifs (C(OH)–C–C–N with tert-alkyl or cyclic N) is 1. The summed E-state index contributed by atoms with van der Waals surface area (Å²) >= 11 is 0. The van der Waals surface area contributed by atoms with E-state index in [0.29, 0.717) is 50.6 Å². The third kappa shape index (κ3) is 9.09. The number of aliphatic hydroxyl groups is 1. The molecule has 1 amide bonds.